The molecule has 0 N–H and O–H groups in total. The van der Waals surface area contributed by atoms with Crippen LogP contribution in [0.4, 0.5) is 0 Å². The van der Waals surface area contributed by atoms with Gasteiger partial charge in [0.2, 0.25) is 0 Å². The molecule has 0 unspecified atom stereocenters. The van der Waals surface area contributed by atoms with Crippen molar-refractivity contribution in [1.82, 2.24) is 9.55 Å². The Balaban J connectivity index is 1.56. The Kier molecular flexibility index (Phi) is 4.96. The molecule has 1 aliphatic rings. The maximum absolute atomic E-state index is 6.08. The third-order valence-corrected chi connectivity index (χ3v) is 5.43. The lowest BCUT2D eigenvalue weighted by Gasteiger charge is -2.22. The number of benzene rings is 2. The zero-order valence-corrected chi connectivity index (χ0v) is 15.9. The summed E-state index contributed by atoms with van der Waals surface area (Å²) in [6.45, 7) is 5.75. The molecule has 26 heavy (non-hydrogen) atoms. The SMILES string of the molecule is Cc1cc(C)cc(OCCn2c(C3CCCCC3)nc3ccccc32)c1. The molecule has 0 spiro atoms. The van der Waals surface area contributed by atoms with E-state index in [9.17, 15) is 0 Å². The number of fused-ring (bicyclic) bond motifs is 1. The number of para-hydroxylation sites is 2. The smallest absolute Gasteiger partial charge is 0.119 e. The first-order chi connectivity index (χ1) is 12.7. The summed E-state index contributed by atoms with van der Waals surface area (Å²) in [6.07, 6.45) is 6.55. The Bertz CT molecular complexity index is 870. The highest BCUT2D eigenvalue weighted by Crippen LogP contribution is 2.33. The van der Waals surface area contributed by atoms with Crippen LogP contribution in [0.5, 0.6) is 5.75 Å². The summed E-state index contributed by atoms with van der Waals surface area (Å²) in [4.78, 5) is 5.00. The number of aromatic nitrogens is 2. The highest BCUT2D eigenvalue weighted by molar-refractivity contribution is 5.76. The van der Waals surface area contributed by atoms with Crippen molar-refractivity contribution < 1.29 is 4.74 Å². The first-order valence-electron chi connectivity index (χ1n) is 9.87. The second kappa shape index (κ2) is 7.53. The van der Waals surface area contributed by atoms with Crippen molar-refractivity contribution in [2.24, 2.45) is 0 Å². The van der Waals surface area contributed by atoms with Gasteiger partial charge in [-0.1, -0.05) is 37.5 Å². The van der Waals surface area contributed by atoms with Gasteiger partial charge in [-0.3, -0.25) is 0 Å². The van der Waals surface area contributed by atoms with Gasteiger partial charge in [-0.25, -0.2) is 4.98 Å². The first kappa shape index (κ1) is 17.1. The Morgan fingerprint density at radius 2 is 1.73 bits per heavy atom. The van der Waals surface area contributed by atoms with Gasteiger partial charge in [0.1, 0.15) is 18.2 Å². The van der Waals surface area contributed by atoms with E-state index in [0.717, 1.165) is 17.8 Å². The molecule has 0 radical (unpaired) electrons. The van der Waals surface area contributed by atoms with Crippen molar-refractivity contribution in [2.75, 3.05) is 6.61 Å². The van der Waals surface area contributed by atoms with Gasteiger partial charge >= 0.3 is 0 Å². The van der Waals surface area contributed by atoms with Gasteiger partial charge in [0.25, 0.3) is 0 Å². The van der Waals surface area contributed by atoms with Crippen molar-refractivity contribution in [3.8, 4) is 5.75 Å². The summed E-state index contributed by atoms with van der Waals surface area (Å²) in [7, 11) is 0. The number of rotatable bonds is 5. The van der Waals surface area contributed by atoms with E-state index in [1.807, 2.05) is 0 Å². The molecule has 3 nitrogen and oxygen atoms in total. The number of imidazole rings is 1. The van der Waals surface area contributed by atoms with E-state index in [4.69, 9.17) is 9.72 Å². The van der Waals surface area contributed by atoms with Gasteiger partial charge in [0.15, 0.2) is 0 Å². The normalized spacial score (nSPS) is 15.5. The Morgan fingerprint density at radius 1 is 1.00 bits per heavy atom. The van der Waals surface area contributed by atoms with E-state index in [1.54, 1.807) is 0 Å². The molecule has 0 aliphatic heterocycles. The van der Waals surface area contributed by atoms with Gasteiger partial charge in [-0.15, -0.1) is 0 Å². The molecule has 1 heterocycles. The maximum Gasteiger partial charge on any atom is 0.119 e. The third-order valence-electron chi connectivity index (χ3n) is 5.43. The quantitative estimate of drug-likeness (QED) is 0.584. The Labute approximate surface area is 156 Å². The van der Waals surface area contributed by atoms with Crippen LogP contribution in [0, 0.1) is 13.8 Å². The summed E-state index contributed by atoms with van der Waals surface area (Å²) in [5, 5.41) is 0. The van der Waals surface area contributed by atoms with Crippen molar-refractivity contribution in [2.45, 2.75) is 58.4 Å². The lowest BCUT2D eigenvalue weighted by atomic mass is 9.88. The van der Waals surface area contributed by atoms with E-state index < -0.39 is 0 Å². The lowest BCUT2D eigenvalue weighted by molar-refractivity contribution is 0.294. The standard InChI is InChI=1S/C23H28N2O/c1-17-14-18(2)16-20(15-17)26-13-12-25-22-11-7-6-10-21(22)24-23(25)19-8-4-3-5-9-19/h6-7,10-11,14-16,19H,3-5,8-9,12-13H2,1-2H3. The maximum atomic E-state index is 6.08. The van der Waals surface area contributed by atoms with Crippen LogP contribution in [0.15, 0.2) is 42.5 Å². The molecule has 1 saturated carbocycles. The van der Waals surface area contributed by atoms with Gasteiger partial charge in [-0.05, 0) is 62.1 Å². The molecule has 1 aliphatic carbocycles. The molecule has 4 rings (SSSR count). The van der Waals surface area contributed by atoms with Crippen LogP contribution in [0.1, 0.15) is 55.0 Å². The summed E-state index contributed by atoms with van der Waals surface area (Å²) in [6, 6.07) is 14.9. The summed E-state index contributed by atoms with van der Waals surface area (Å²) in [5.41, 5.74) is 4.84. The minimum atomic E-state index is 0.595. The van der Waals surface area contributed by atoms with Gasteiger partial charge in [-0.2, -0.15) is 0 Å². The fourth-order valence-electron chi connectivity index (χ4n) is 4.27. The fourth-order valence-corrected chi connectivity index (χ4v) is 4.27. The average molecular weight is 348 g/mol. The average Bonchev–Trinajstić information content (AvgIpc) is 3.01. The van der Waals surface area contributed by atoms with E-state index in [1.165, 1.54) is 54.6 Å². The summed E-state index contributed by atoms with van der Waals surface area (Å²) < 4.78 is 8.48. The van der Waals surface area contributed by atoms with E-state index >= 15 is 0 Å². The lowest BCUT2D eigenvalue weighted by Crippen LogP contribution is -2.15. The topological polar surface area (TPSA) is 27.1 Å². The number of nitrogens with zero attached hydrogens (tertiary/aromatic N) is 2. The minimum Gasteiger partial charge on any atom is -0.492 e. The molecule has 1 aromatic heterocycles. The largest absolute Gasteiger partial charge is 0.492 e. The summed E-state index contributed by atoms with van der Waals surface area (Å²) >= 11 is 0. The summed E-state index contributed by atoms with van der Waals surface area (Å²) in [5.74, 6) is 2.82. The second-order valence-electron chi connectivity index (χ2n) is 7.62. The van der Waals surface area contributed by atoms with Crippen molar-refractivity contribution in [3.63, 3.8) is 0 Å². The van der Waals surface area contributed by atoms with Crippen LogP contribution in [-0.4, -0.2) is 16.2 Å². The predicted octanol–water partition coefficient (Wildman–Crippen LogP) is 5.78. The van der Waals surface area contributed by atoms with Crippen LogP contribution >= 0.6 is 0 Å². The van der Waals surface area contributed by atoms with Crippen LogP contribution < -0.4 is 4.74 Å². The molecule has 1 fully saturated rings. The molecule has 0 saturated heterocycles. The molecular formula is C23H28N2O. The van der Waals surface area contributed by atoms with Crippen molar-refractivity contribution in [3.05, 3.63) is 59.4 Å². The number of ether oxygens (including phenoxy) is 1. The molecular weight excluding hydrogens is 320 g/mol. The van der Waals surface area contributed by atoms with Gasteiger partial charge in [0, 0.05) is 5.92 Å². The second-order valence-corrected chi connectivity index (χ2v) is 7.62. The fraction of sp³-hybridized carbons (Fsp3) is 0.435. The van der Waals surface area contributed by atoms with E-state index in [-0.39, 0.29) is 0 Å². The van der Waals surface area contributed by atoms with Gasteiger partial charge < -0.3 is 9.30 Å². The number of aryl methyl sites for hydroxylation is 2. The predicted molar refractivity (Wildman–Crippen MR) is 107 cm³/mol. The molecule has 0 bridgehead atoms. The first-order valence-corrected chi connectivity index (χ1v) is 9.87. The monoisotopic (exact) mass is 348 g/mol. The third kappa shape index (κ3) is 3.62. The zero-order chi connectivity index (χ0) is 17.9. The molecule has 136 valence electrons. The van der Waals surface area contributed by atoms with Crippen LogP contribution in [0.2, 0.25) is 0 Å². The van der Waals surface area contributed by atoms with Crippen molar-refractivity contribution >= 4 is 11.0 Å². The highest BCUT2D eigenvalue weighted by Gasteiger charge is 2.22. The minimum absolute atomic E-state index is 0.595. The number of hydrogen-bond acceptors (Lipinski definition) is 2. The van der Waals surface area contributed by atoms with Crippen LogP contribution in [-0.2, 0) is 6.54 Å². The number of hydrogen-bond donors (Lipinski definition) is 0. The zero-order valence-electron chi connectivity index (χ0n) is 15.9. The molecule has 3 heteroatoms. The molecule has 0 amide bonds. The Morgan fingerprint density at radius 3 is 2.50 bits per heavy atom. The van der Waals surface area contributed by atoms with Crippen LogP contribution in [0.25, 0.3) is 11.0 Å². The highest BCUT2D eigenvalue weighted by atomic mass is 16.5. The molecule has 3 aromatic rings. The molecule has 2 aromatic carbocycles. The van der Waals surface area contributed by atoms with Gasteiger partial charge in [0.05, 0.1) is 17.6 Å². The Hall–Kier alpha value is -2.29. The van der Waals surface area contributed by atoms with Crippen LogP contribution in [0.3, 0.4) is 0 Å². The van der Waals surface area contributed by atoms with E-state index in [0.29, 0.717) is 12.5 Å². The van der Waals surface area contributed by atoms with Crippen molar-refractivity contribution in [1.29, 1.82) is 0 Å². The van der Waals surface area contributed by atoms with E-state index in [2.05, 4.69) is 60.9 Å². The molecule has 0 atom stereocenters.